The molecule has 0 bridgehead atoms. The van der Waals surface area contributed by atoms with Crippen LogP contribution in [0.4, 0.5) is 11.4 Å². The number of hydrogen-bond acceptors (Lipinski definition) is 9. The SMILES string of the molecule is COc1cc(C=CC(=O)OCC(=O)Nc2ccc([N+](=O)[O-])cc2C#N)cc(OC)c1OC. The number of esters is 1. The normalized spacial score (nSPS) is 10.2. The summed E-state index contributed by atoms with van der Waals surface area (Å²) in [6.45, 7) is -0.625. The van der Waals surface area contributed by atoms with Crippen molar-refractivity contribution in [1.82, 2.24) is 0 Å². The monoisotopic (exact) mass is 441 g/mol. The summed E-state index contributed by atoms with van der Waals surface area (Å²) in [5, 5.41) is 22.2. The van der Waals surface area contributed by atoms with Crippen LogP contribution < -0.4 is 19.5 Å². The summed E-state index contributed by atoms with van der Waals surface area (Å²) in [4.78, 5) is 34.1. The van der Waals surface area contributed by atoms with Crippen LogP contribution in [0.2, 0.25) is 0 Å². The van der Waals surface area contributed by atoms with Crippen molar-refractivity contribution in [3.05, 3.63) is 57.6 Å². The van der Waals surface area contributed by atoms with Gasteiger partial charge in [0.2, 0.25) is 5.75 Å². The maximum absolute atomic E-state index is 12.0. The molecule has 0 unspecified atom stereocenters. The molecule has 2 aromatic carbocycles. The van der Waals surface area contributed by atoms with E-state index in [2.05, 4.69) is 5.32 Å². The first-order valence-corrected chi connectivity index (χ1v) is 8.96. The van der Waals surface area contributed by atoms with Crippen molar-refractivity contribution in [3.63, 3.8) is 0 Å². The number of carbonyl (C=O) groups excluding carboxylic acids is 2. The minimum atomic E-state index is -0.793. The Kier molecular flexibility index (Phi) is 8.13. The van der Waals surface area contributed by atoms with E-state index in [0.717, 1.165) is 18.2 Å². The second kappa shape index (κ2) is 11.0. The van der Waals surface area contributed by atoms with Crippen molar-refractivity contribution < 1.29 is 33.5 Å². The number of nitro groups is 1. The first kappa shape index (κ1) is 23.7. The van der Waals surface area contributed by atoms with Gasteiger partial charge in [-0.25, -0.2) is 4.79 Å². The Morgan fingerprint density at radius 2 is 1.78 bits per heavy atom. The Morgan fingerprint density at radius 1 is 1.12 bits per heavy atom. The summed E-state index contributed by atoms with van der Waals surface area (Å²) in [7, 11) is 4.38. The van der Waals surface area contributed by atoms with Crippen molar-refractivity contribution in [2.45, 2.75) is 0 Å². The van der Waals surface area contributed by atoms with Gasteiger partial charge in [-0.15, -0.1) is 0 Å². The van der Waals surface area contributed by atoms with Crippen LogP contribution in [0.25, 0.3) is 6.08 Å². The quantitative estimate of drug-likeness (QED) is 0.268. The minimum absolute atomic E-state index is 0.0621. The van der Waals surface area contributed by atoms with Gasteiger partial charge in [-0.3, -0.25) is 14.9 Å². The highest BCUT2D eigenvalue weighted by Crippen LogP contribution is 2.38. The summed E-state index contributed by atoms with van der Waals surface area (Å²) in [6.07, 6.45) is 2.55. The third-order valence-electron chi connectivity index (χ3n) is 4.05. The third kappa shape index (κ3) is 5.96. The molecule has 0 aliphatic carbocycles. The summed E-state index contributed by atoms with van der Waals surface area (Å²) in [6, 6.07) is 8.39. The molecule has 0 saturated carbocycles. The van der Waals surface area contributed by atoms with Crippen LogP contribution in [0.15, 0.2) is 36.4 Å². The van der Waals surface area contributed by atoms with Gasteiger partial charge in [-0.1, -0.05) is 0 Å². The maximum Gasteiger partial charge on any atom is 0.331 e. The average Bonchev–Trinajstić information content (AvgIpc) is 2.80. The number of hydrogen-bond donors (Lipinski definition) is 1. The summed E-state index contributed by atoms with van der Waals surface area (Å²) in [5.74, 6) is -0.316. The average molecular weight is 441 g/mol. The molecule has 0 aliphatic rings. The zero-order valence-electron chi connectivity index (χ0n) is 17.4. The molecule has 0 spiro atoms. The molecule has 32 heavy (non-hydrogen) atoms. The van der Waals surface area contributed by atoms with E-state index >= 15 is 0 Å². The zero-order chi connectivity index (χ0) is 23.7. The fraction of sp³-hybridized carbons (Fsp3) is 0.190. The van der Waals surface area contributed by atoms with E-state index in [1.807, 2.05) is 0 Å². The van der Waals surface area contributed by atoms with Crippen molar-refractivity contribution in [1.29, 1.82) is 5.26 Å². The van der Waals surface area contributed by atoms with E-state index in [9.17, 15) is 19.7 Å². The smallest absolute Gasteiger partial charge is 0.331 e. The van der Waals surface area contributed by atoms with Gasteiger partial charge in [-0.05, 0) is 29.8 Å². The molecule has 0 saturated heterocycles. The van der Waals surface area contributed by atoms with Crippen LogP contribution in [-0.4, -0.2) is 44.7 Å². The highest BCUT2D eigenvalue weighted by molar-refractivity contribution is 5.95. The topological polar surface area (TPSA) is 150 Å². The Balaban J connectivity index is 2.00. The molecule has 0 radical (unpaired) electrons. The molecule has 11 nitrogen and oxygen atoms in total. The van der Waals surface area contributed by atoms with Gasteiger partial charge in [0, 0.05) is 18.2 Å². The van der Waals surface area contributed by atoms with Crippen LogP contribution in [0.3, 0.4) is 0 Å². The van der Waals surface area contributed by atoms with E-state index in [4.69, 9.17) is 24.2 Å². The molecule has 0 atom stereocenters. The fourth-order valence-electron chi connectivity index (χ4n) is 2.58. The van der Waals surface area contributed by atoms with Gasteiger partial charge in [0.1, 0.15) is 6.07 Å². The largest absolute Gasteiger partial charge is 0.493 e. The zero-order valence-corrected chi connectivity index (χ0v) is 17.4. The first-order chi connectivity index (χ1) is 15.3. The van der Waals surface area contributed by atoms with Gasteiger partial charge in [-0.2, -0.15) is 5.26 Å². The lowest BCUT2D eigenvalue weighted by Gasteiger charge is -2.12. The van der Waals surface area contributed by atoms with E-state index in [1.165, 1.54) is 33.5 Å². The summed E-state index contributed by atoms with van der Waals surface area (Å²) >= 11 is 0. The van der Waals surface area contributed by atoms with E-state index < -0.39 is 23.4 Å². The molecule has 2 aromatic rings. The van der Waals surface area contributed by atoms with Gasteiger partial charge < -0.3 is 24.3 Å². The van der Waals surface area contributed by atoms with Crippen LogP contribution in [-0.2, 0) is 14.3 Å². The number of ether oxygens (including phenoxy) is 4. The summed E-state index contributed by atoms with van der Waals surface area (Å²) in [5.41, 5.74) is 0.238. The standard InChI is InChI=1S/C21H19N3O8/c1-29-17-8-13(9-18(30-2)21(17)31-3)4-7-20(26)32-12-19(25)23-16-6-5-15(24(27)28)10-14(16)11-22/h4-10H,12H2,1-3H3,(H,23,25). The molecule has 0 aliphatic heterocycles. The van der Waals surface area contributed by atoms with Crippen LogP contribution in [0, 0.1) is 21.4 Å². The van der Waals surface area contributed by atoms with Crippen molar-refractivity contribution in [3.8, 4) is 23.3 Å². The molecular weight excluding hydrogens is 422 g/mol. The molecule has 0 fully saturated rings. The second-order valence-electron chi connectivity index (χ2n) is 6.05. The Morgan fingerprint density at radius 3 is 2.31 bits per heavy atom. The molecule has 2 rings (SSSR count). The highest BCUT2D eigenvalue weighted by atomic mass is 16.6. The van der Waals surface area contributed by atoms with E-state index in [0.29, 0.717) is 22.8 Å². The number of nitrogens with one attached hydrogen (secondary N) is 1. The Labute approximate surface area is 182 Å². The number of nitro benzene ring substituents is 1. The fourth-order valence-corrected chi connectivity index (χ4v) is 2.58. The van der Waals surface area contributed by atoms with Crippen LogP contribution in [0.1, 0.15) is 11.1 Å². The number of nitriles is 1. The number of nitrogens with zero attached hydrogens (tertiary/aromatic N) is 2. The highest BCUT2D eigenvalue weighted by Gasteiger charge is 2.14. The molecule has 0 aromatic heterocycles. The number of non-ortho nitro benzene ring substituents is 1. The lowest BCUT2D eigenvalue weighted by molar-refractivity contribution is -0.384. The van der Waals surface area contributed by atoms with Crippen molar-refractivity contribution in [2.24, 2.45) is 0 Å². The summed E-state index contributed by atoms with van der Waals surface area (Å²) < 4.78 is 20.6. The lowest BCUT2D eigenvalue weighted by atomic mass is 10.1. The van der Waals surface area contributed by atoms with Gasteiger partial charge in [0.25, 0.3) is 11.6 Å². The predicted molar refractivity (Wildman–Crippen MR) is 113 cm³/mol. The minimum Gasteiger partial charge on any atom is -0.493 e. The molecule has 0 heterocycles. The van der Waals surface area contributed by atoms with Crippen molar-refractivity contribution >= 4 is 29.3 Å². The van der Waals surface area contributed by atoms with Gasteiger partial charge in [0.15, 0.2) is 18.1 Å². The van der Waals surface area contributed by atoms with Crippen molar-refractivity contribution in [2.75, 3.05) is 33.3 Å². The second-order valence-corrected chi connectivity index (χ2v) is 6.05. The van der Waals surface area contributed by atoms with E-state index in [-0.39, 0.29) is 16.9 Å². The van der Waals surface area contributed by atoms with Gasteiger partial charge in [0.05, 0.1) is 37.5 Å². The number of benzene rings is 2. The number of methoxy groups -OCH3 is 3. The molecule has 1 N–H and O–H groups in total. The number of carbonyl (C=O) groups is 2. The molecular formula is C21H19N3O8. The third-order valence-corrected chi connectivity index (χ3v) is 4.05. The molecule has 166 valence electrons. The first-order valence-electron chi connectivity index (χ1n) is 8.96. The molecule has 1 amide bonds. The maximum atomic E-state index is 12.0. The number of rotatable bonds is 9. The van der Waals surface area contributed by atoms with Gasteiger partial charge >= 0.3 is 5.97 Å². The predicted octanol–water partition coefficient (Wildman–Crippen LogP) is 2.69. The lowest BCUT2D eigenvalue weighted by Crippen LogP contribution is -2.20. The Hall–Kier alpha value is -4.59. The van der Waals surface area contributed by atoms with Crippen LogP contribution >= 0.6 is 0 Å². The van der Waals surface area contributed by atoms with E-state index in [1.54, 1.807) is 18.2 Å². The number of amides is 1. The Bertz CT molecular complexity index is 1080. The van der Waals surface area contributed by atoms with Crippen LogP contribution in [0.5, 0.6) is 17.2 Å². The molecule has 11 heteroatoms. The number of anilines is 1.